The van der Waals surface area contributed by atoms with Crippen LogP contribution in [0.4, 0.5) is 4.79 Å². The molecule has 1 unspecified atom stereocenters. The van der Waals surface area contributed by atoms with E-state index in [0.29, 0.717) is 0 Å². The molecule has 0 aromatic heterocycles. The van der Waals surface area contributed by atoms with Gasteiger partial charge in [0.15, 0.2) is 0 Å². The van der Waals surface area contributed by atoms with E-state index in [0.717, 1.165) is 12.8 Å². The van der Waals surface area contributed by atoms with Gasteiger partial charge in [-0.05, 0) is 40.0 Å². The highest BCUT2D eigenvalue weighted by atomic mass is 16.6. The molecular formula is C15H29NO4. The summed E-state index contributed by atoms with van der Waals surface area (Å²) in [4.78, 5) is 23.8. The Balaban J connectivity index is 4.57. The molecule has 0 aromatic carbocycles. The van der Waals surface area contributed by atoms with E-state index < -0.39 is 23.7 Å². The van der Waals surface area contributed by atoms with E-state index in [9.17, 15) is 9.59 Å². The number of carbonyl (C=O) groups is 2. The van der Waals surface area contributed by atoms with Crippen molar-refractivity contribution in [2.75, 3.05) is 0 Å². The molecule has 0 spiro atoms. The maximum absolute atomic E-state index is 12.1. The zero-order chi connectivity index (χ0) is 15.9. The van der Waals surface area contributed by atoms with E-state index in [-0.39, 0.29) is 12.0 Å². The van der Waals surface area contributed by atoms with Crippen LogP contribution in [0.5, 0.6) is 0 Å². The number of esters is 1. The first-order valence-corrected chi connectivity index (χ1v) is 7.26. The standard InChI is InChI=1S/C15H29NO4/c1-8-9-11(4)19-13(17)12(10(2)3)16-14(18)20-15(5,6)7/h10-12H,8-9H2,1-7H3,(H,16,18)/t11-,12?/m0/s1. The van der Waals surface area contributed by atoms with Crippen LogP contribution in [-0.2, 0) is 14.3 Å². The summed E-state index contributed by atoms with van der Waals surface area (Å²) < 4.78 is 10.5. The first-order chi connectivity index (χ1) is 9.06. The molecule has 5 nitrogen and oxygen atoms in total. The Hall–Kier alpha value is -1.26. The average molecular weight is 287 g/mol. The van der Waals surface area contributed by atoms with Crippen molar-refractivity contribution < 1.29 is 19.1 Å². The largest absolute Gasteiger partial charge is 0.461 e. The molecule has 0 saturated heterocycles. The van der Waals surface area contributed by atoms with E-state index in [2.05, 4.69) is 5.32 Å². The lowest BCUT2D eigenvalue weighted by Gasteiger charge is -2.25. The maximum Gasteiger partial charge on any atom is 0.408 e. The Kier molecular flexibility index (Phi) is 7.61. The van der Waals surface area contributed by atoms with E-state index >= 15 is 0 Å². The molecule has 118 valence electrons. The van der Waals surface area contributed by atoms with Crippen LogP contribution in [0.15, 0.2) is 0 Å². The third-order valence-corrected chi connectivity index (χ3v) is 2.61. The van der Waals surface area contributed by atoms with Gasteiger partial charge in [0.05, 0.1) is 6.10 Å². The van der Waals surface area contributed by atoms with Gasteiger partial charge in [0.1, 0.15) is 11.6 Å². The fourth-order valence-corrected chi connectivity index (χ4v) is 1.67. The number of hydrogen-bond donors (Lipinski definition) is 1. The summed E-state index contributed by atoms with van der Waals surface area (Å²) >= 11 is 0. The van der Waals surface area contributed by atoms with Gasteiger partial charge in [-0.3, -0.25) is 0 Å². The van der Waals surface area contributed by atoms with Crippen LogP contribution in [-0.4, -0.2) is 29.8 Å². The number of ether oxygens (including phenoxy) is 2. The number of carbonyl (C=O) groups excluding carboxylic acids is 2. The molecule has 0 saturated carbocycles. The molecule has 2 atom stereocenters. The lowest BCUT2D eigenvalue weighted by molar-refractivity contribution is -0.152. The molecule has 0 heterocycles. The Labute approximate surface area is 122 Å². The molecule has 0 aliphatic heterocycles. The van der Waals surface area contributed by atoms with E-state index in [1.807, 2.05) is 27.7 Å². The van der Waals surface area contributed by atoms with Gasteiger partial charge >= 0.3 is 12.1 Å². The van der Waals surface area contributed by atoms with Gasteiger partial charge in [-0.25, -0.2) is 9.59 Å². The fourth-order valence-electron chi connectivity index (χ4n) is 1.67. The van der Waals surface area contributed by atoms with Gasteiger partial charge in [-0.15, -0.1) is 0 Å². The Morgan fingerprint density at radius 3 is 2.10 bits per heavy atom. The van der Waals surface area contributed by atoms with Crippen molar-refractivity contribution in [1.29, 1.82) is 0 Å². The van der Waals surface area contributed by atoms with Gasteiger partial charge < -0.3 is 14.8 Å². The smallest absolute Gasteiger partial charge is 0.408 e. The highest BCUT2D eigenvalue weighted by molar-refractivity contribution is 5.81. The third kappa shape index (κ3) is 8.02. The minimum atomic E-state index is -0.691. The Bertz CT molecular complexity index is 320. The lowest BCUT2D eigenvalue weighted by atomic mass is 10.0. The second-order valence-electron chi connectivity index (χ2n) is 6.40. The number of alkyl carbamates (subject to hydrolysis) is 1. The van der Waals surface area contributed by atoms with Gasteiger partial charge in [0.2, 0.25) is 0 Å². The second-order valence-corrected chi connectivity index (χ2v) is 6.40. The van der Waals surface area contributed by atoms with Crippen molar-refractivity contribution >= 4 is 12.1 Å². The van der Waals surface area contributed by atoms with Crippen LogP contribution in [0.25, 0.3) is 0 Å². The van der Waals surface area contributed by atoms with Gasteiger partial charge in [-0.1, -0.05) is 27.2 Å². The van der Waals surface area contributed by atoms with E-state index in [1.165, 1.54) is 0 Å². The lowest BCUT2D eigenvalue weighted by Crippen LogP contribution is -2.47. The zero-order valence-corrected chi connectivity index (χ0v) is 13.8. The molecule has 20 heavy (non-hydrogen) atoms. The summed E-state index contributed by atoms with van der Waals surface area (Å²) in [5, 5.41) is 2.58. The highest BCUT2D eigenvalue weighted by Gasteiger charge is 2.29. The van der Waals surface area contributed by atoms with Crippen LogP contribution < -0.4 is 5.32 Å². The Morgan fingerprint density at radius 2 is 1.70 bits per heavy atom. The number of hydrogen-bond acceptors (Lipinski definition) is 4. The van der Waals surface area contributed by atoms with Gasteiger partial charge in [-0.2, -0.15) is 0 Å². The van der Waals surface area contributed by atoms with Crippen LogP contribution in [0, 0.1) is 5.92 Å². The number of rotatable bonds is 6. The molecule has 0 aliphatic rings. The molecule has 1 amide bonds. The predicted molar refractivity (Wildman–Crippen MR) is 78.5 cm³/mol. The van der Waals surface area contributed by atoms with Gasteiger partial charge in [0, 0.05) is 0 Å². The summed E-state index contributed by atoms with van der Waals surface area (Å²) in [6.07, 6.45) is 1.01. The van der Waals surface area contributed by atoms with E-state index in [1.54, 1.807) is 20.8 Å². The second kappa shape index (κ2) is 8.12. The Morgan fingerprint density at radius 1 is 1.15 bits per heavy atom. The molecule has 0 aromatic rings. The normalized spacial score (nSPS) is 14.6. The minimum absolute atomic E-state index is 0.0659. The zero-order valence-electron chi connectivity index (χ0n) is 13.8. The van der Waals surface area contributed by atoms with E-state index in [4.69, 9.17) is 9.47 Å². The van der Waals surface area contributed by atoms with Crippen LogP contribution in [0.2, 0.25) is 0 Å². The number of nitrogens with one attached hydrogen (secondary N) is 1. The van der Waals surface area contributed by atoms with Crippen molar-refractivity contribution in [3.8, 4) is 0 Å². The monoisotopic (exact) mass is 287 g/mol. The van der Waals surface area contributed by atoms with Crippen LogP contribution >= 0.6 is 0 Å². The minimum Gasteiger partial charge on any atom is -0.461 e. The molecule has 0 fully saturated rings. The van der Waals surface area contributed by atoms with Crippen molar-refractivity contribution in [2.45, 2.75) is 79.1 Å². The van der Waals surface area contributed by atoms with Crippen molar-refractivity contribution in [1.82, 2.24) is 5.32 Å². The average Bonchev–Trinajstić information content (AvgIpc) is 2.22. The van der Waals surface area contributed by atoms with Gasteiger partial charge in [0.25, 0.3) is 0 Å². The van der Waals surface area contributed by atoms with Crippen LogP contribution in [0.3, 0.4) is 0 Å². The van der Waals surface area contributed by atoms with Crippen molar-refractivity contribution in [2.24, 2.45) is 5.92 Å². The summed E-state index contributed by atoms with van der Waals surface area (Å²) in [5.41, 5.74) is -0.592. The van der Waals surface area contributed by atoms with Crippen molar-refractivity contribution in [3.63, 3.8) is 0 Å². The quantitative estimate of drug-likeness (QED) is 0.761. The fraction of sp³-hybridized carbons (Fsp3) is 0.867. The highest BCUT2D eigenvalue weighted by Crippen LogP contribution is 2.11. The topological polar surface area (TPSA) is 64.6 Å². The summed E-state index contributed by atoms with van der Waals surface area (Å²) in [6.45, 7) is 12.9. The summed E-state index contributed by atoms with van der Waals surface area (Å²) in [5.74, 6) is -0.476. The third-order valence-electron chi connectivity index (χ3n) is 2.61. The molecule has 5 heteroatoms. The first kappa shape index (κ1) is 18.7. The predicted octanol–water partition coefficient (Wildman–Crippen LogP) is 3.27. The SMILES string of the molecule is CCC[C@H](C)OC(=O)C(NC(=O)OC(C)(C)C)C(C)C. The molecule has 1 N–H and O–H groups in total. The van der Waals surface area contributed by atoms with Crippen LogP contribution in [0.1, 0.15) is 61.3 Å². The molecule has 0 rings (SSSR count). The first-order valence-electron chi connectivity index (χ1n) is 7.26. The molecular weight excluding hydrogens is 258 g/mol. The van der Waals surface area contributed by atoms with Crippen molar-refractivity contribution in [3.05, 3.63) is 0 Å². The number of amides is 1. The summed E-state index contributed by atoms with van der Waals surface area (Å²) in [6, 6.07) is -0.691. The molecule has 0 bridgehead atoms. The molecule has 0 aliphatic carbocycles. The maximum atomic E-state index is 12.1. The summed E-state index contributed by atoms with van der Waals surface area (Å²) in [7, 11) is 0. The molecule has 0 radical (unpaired) electrons.